The molecule has 0 unspecified atom stereocenters. The highest BCUT2D eigenvalue weighted by atomic mass is 19.4. The lowest BCUT2D eigenvalue weighted by atomic mass is 10.1. The number of hydrogen-bond acceptors (Lipinski definition) is 3. The monoisotopic (exact) mass is 403 g/mol. The third-order valence-electron chi connectivity index (χ3n) is 4.35. The summed E-state index contributed by atoms with van der Waals surface area (Å²) >= 11 is 0. The molecule has 150 valence electrons. The second kappa shape index (κ2) is 7.33. The van der Waals surface area contributed by atoms with Crippen LogP contribution >= 0.6 is 0 Å². The summed E-state index contributed by atoms with van der Waals surface area (Å²) in [5, 5.41) is 0. The highest BCUT2D eigenvalue weighted by Gasteiger charge is 2.39. The number of alkyl halides is 6. The molecule has 28 heavy (non-hydrogen) atoms. The summed E-state index contributed by atoms with van der Waals surface area (Å²) in [4.78, 5) is 18.8. The molecule has 1 aliphatic rings. The number of benzene rings is 1. The van der Waals surface area contributed by atoms with Gasteiger partial charge in [0.05, 0.1) is 5.56 Å². The second-order valence-electron chi connectivity index (χ2n) is 6.24. The summed E-state index contributed by atoms with van der Waals surface area (Å²) in [7, 11) is 0. The Morgan fingerprint density at radius 3 is 2.00 bits per heavy atom. The Hall–Kier alpha value is -2.78. The Bertz CT molecular complexity index is 810. The largest absolute Gasteiger partial charge is 0.433 e. The molecule has 0 bridgehead atoms. The fourth-order valence-corrected chi connectivity index (χ4v) is 2.92. The minimum absolute atomic E-state index is 0.0931. The lowest BCUT2D eigenvalue weighted by Gasteiger charge is -2.36. The number of nitrogens with zero attached hydrogens (tertiary/aromatic N) is 3. The van der Waals surface area contributed by atoms with Crippen molar-refractivity contribution in [2.45, 2.75) is 12.4 Å². The van der Waals surface area contributed by atoms with Crippen LogP contribution in [-0.4, -0.2) is 42.0 Å². The number of amides is 1. The van der Waals surface area contributed by atoms with Crippen molar-refractivity contribution in [2.24, 2.45) is 0 Å². The van der Waals surface area contributed by atoms with Crippen LogP contribution in [0.25, 0.3) is 0 Å². The summed E-state index contributed by atoms with van der Waals surface area (Å²) in [6.45, 7) is 1.13. The van der Waals surface area contributed by atoms with Gasteiger partial charge in [-0.15, -0.1) is 0 Å². The molecule has 0 spiro atoms. The van der Waals surface area contributed by atoms with Crippen LogP contribution in [0.5, 0.6) is 0 Å². The van der Waals surface area contributed by atoms with E-state index in [4.69, 9.17) is 0 Å². The molecule has 1 amide bonds. The number of anilines is 1. The molecule has 10 heteroatoms. The number of carbonyl (C=O) groups is 1. The Kier molecular flexibility index (Phi) is 5.22. The van der Waals surface area contributed by atoms with Gasteiger partial charge >= 0.3 is 12.4 Å². The van der Waals surface area contributed by atoms with Gasteiger partial charge in [0.1, 0.15) is 11.4 Å². The van der Waals surface area contributed by atoms with E-state index in [0.29, 0.717) is 19.2 Å². The molecular formula is C18H15F6N3O. The third kappa shape index (κ3) is 4.37. The number of piperazine rings is 1. The molecule has 0 radical (unpaired) electrons. The van der Waals surface area contributed by atoms with E-state index in [-0.39, 0.29) is 19.2 Å². The first-order valence-corrected chi connectivity index (χ1v) is 8.31. The normalized spacial score (nSPS) is 15.6. The maximum atomic E-state index is 13.0. The summed E-state index contributed by atoms with van der Waals surface area (Å²) in [6, 6.07) is 9.56. The van der Waals surface area contributed by atoms with Crippen LogP contribution in [0.15, 0.2) is 42.5 Å². The van der Waals surface area contributed by atoms with Gasteiger partial charge in [-0.1, -0.05) is 18.2 Å². The lowest BCUT2D eigenvalue weighted by molar-refractivity contribution is -0.145. The zero-order valence-electron chi connectivity index (χ0n) is 14.4. The van der Waals surface area contributed by atoms with E-state index < -0.39 is 35.2 Å². The predicted octanol–water partition coefficient (Wildman–Crippen LogP) is 4.08. The zero-order chi connectivity index (χ0) is 20.5. The van der Waals surface area contributed by atoms with Crippen molar-refractivity contribution in [1.82, 2.24) is 9.88 Å². The number of carbonyl (C=O) groups excluding carboxylic acids is 1. The average Bonchev–Trinajstić information content (AvgIpc) is 2.66. The minimum atomic E-state index is -5.09. The van der Waals surface area contributed by atoms with Gasteiger partial charge in [-0.3, -0.25) is 4.79 Å². The van der Waals surface area contributed by atoms with E-state index in [2.05, 4.69) is 4.98 Å². The van der Waals surface area contributed by atoms with Gasteiger partial charge in [-0.25, -0.2) is 4.98 Å². The number of pyridine rings is 1. The average molecular weight is 403 g/mol. The molecule has 3 rings (SSSR count). The van der Waals surface area contributed by atoms with E-state index in [0.717, 1.165) is 5.69 Å². The van der Waals surface area contributed by atoms with Crippen LogP contribution < -0.4 is 4.90 Å². The van der Waals surface area contributed by atoms with Gasteiger partial charge < -0.3 is 9.80 Å². The predicted molar refractivity (Wildman–Crippen MR) is 88.8 cm³/mol. The molecule has 1 aliphatic heterocycles. The van der Waals surface area contributed by atoms with Crippen molar-refractivity contribution >= 4 is 11.6 Å². The Labute approximate surface area is 156 Å². The highest BCUT2D eigenvalue weighted by Crippen LogP contribution is 2.35. The molecule has 0 aliphatic carbocycles. The fourth-order valence-electron chi connectivity index (χ4n) is 2.92. The van der Waals surface area contributed by atoms with Crippen molar-refractivity contribution in [1.29, 1.82) is 0 Å². The van der Waals surface area contributed by atoms with Crippen molar-refractivity contribution in [2.75, 3.05) is 31.1 Å². The van der Waals surface area contributed by atoms with E-state index in [1.807, 2.05) is 35.2 Å². The first-order valence-electron chi connectivity index (χ1n) is 8.31. The number of rotatable bonds is 2. The molecule has 0 saturated carbocycles. The van der Waals surface area contributed by atoms with E-state index in [1.165, 1.54) is 4.90 Å². The minimum Gasteiger partial charge on any atom is -0.368 e. The molecule has 0 N–H and O–H groups in total. The first kappa shape index (κ1) is 20.0. The SMILES string of the molecule is O=C(c1cc(C(F)(F)F)cc(C(F)(F)F)n1)N1CCN(c2ccccc2)CC1. The van der Waals surface area contributed by atoms with Crippen LogP contribution in [0, 0.1) is 0 Å². The summed E-state index contributed by atoms with van der Waals surface area (Å²) in [5.74, 6) is -0.954. The molecular weight excluding hydrogens is 388 g/mol. The van der Waals surface area contributed by atoms with E-state index in [1.54, 1.807) is 0 Å². The number of aromatic nitrogens is 1. The standard InChI is InChI=1S/C18H15F6N3O/c19-17(20,21)12-10-14(25-15(11-12)18(22,23)24)16(28)27-8-6-26(7-9-27)13-4-2-1-3-5-13/h1-5,10-11H,6-9H2. The lowest BCUT2D eigenvalue weighted by Crippen LogP contribution is -2.49. The summed E-state index contributed by atoms with van der Waals surface area (Å²) in [6.07, 6.45) is -10.1. The molecule has 4 nitrogen and oxygen atoms in total. The first-order chi connectivity index (χ1) is 13.1. The Morgan fingerprint density at radius 2 is 1.46 bits per heavy atom. The molecule has 2 aromatic rings. The van der Waals surface area contributed by atoms with Crippen LogP contribution in [0.3, 0.4) is 0 Å². The zero-order valence-corrected chi connectivity index (χ0v) is 14.4. The quantitative estimate of drug-likeness (QED) is 0.709. The highest BCUT2D eigenvalue weighted by molar-refractivity contribution is 5.92. The number of hydrogen-bond donors (Lipinski definition) is 0. The summed E-state index contributed by atoms with van der Waals surface area (Å²) in [5.41, 5.74) is -3.24. The van der Waals surface area contributed by atoms with Crippen LogP contribution in [0.4, 0.5) is 32.0 Å². The maximum Gasteiger partial charge on any atom is 0.433 e. The third-order valence-corrected chi connectivity index (χ3v) is 4.35. The molecule has 1 aromatic heterocycles. The van der Waals surface area contributed by atoms with Gasteiger partial charge in [0, 0.05) is 31.9 Å². The van der Waals surface area contributed by atoms with Gasteiger partial charge in [-0.2, -0.15) is 26.3 Å². The van der Waals surface area contributed by atoms with Gasteiger partial charge in [0.15, 0.2) is 0 Å². The van der Waals surface area contributed by atoms with Gasteiger partial charge in [0.25, 0.3) is 5.91 Å². The Morgan fingerprint density at radius 1 is 0.857 bits per heavy atom. The smallest absolute Gasteiger partial charge is 0.368 e. The number of halogens is 6. The van der Waals surface area contributed by atoms with Gasteiger partial charge in [-0.05, 0) is 24.3 Å². The van der Waals surface area contributed by atoms with Crippen molar-refractivity contribution in [3.05, 3.63) is 59.4 Å². The van der Waals surface area contributed by atoms with Gasteiger partial charge in [0.2, 0.25) is 0 Å². The number of para-hydroxylation sites is 1. The molecule has 1 fully saturated rings. The fraction of sp³-hybridized carbons (Fsp3) is 0.333. The topological polar surface area (TPSA) is 36.4 Å². The molecule has 1 aromatic carbocycles. The Balaban J connectivity index is 1.81. The van der Waals surface area contributed by atoms with Crippen LogP contribution in [0.2, 0.25) is 0 Å². The summed E-state index contributed by atoms with van der Waals surface area (Å²) < 4.78 is 77.6. The molecule has 1 saturated heterocycles. The second-order valence-corrected chi connectivity index (χ2v) is 6.24. The van der Waals surface area contributed by atoms with Crippen molar-refractivity contribution < 1.29 is 31.1 Å². The van der Waals surface area contributed by atoms with Crippen LogP contribution in [0.1, 0.15) is 21.7 Å². The van der Waals surface area contributed by atoms with Crippen molar-refractivity contribution in [3.8, 4) is 0 Å². The maximum absolute atomic E-state index is 13.0. The van der Waals surface area contributed by atoms with Crippen LogP contribution in [-0.2, 0) is 12.4 Å². The van der Waals surface area contributed by atoms with E-state index >= 15 is 0 Å². The van der Waals surface area contributed by atoms with E-state index in [9.17, 15) is 31.1 Å². The molecule has 2 heterocycles. The van der Waals surface area contributed by atoms with Crippen molar-refractivity contribution in [3.63, 3.8) is 0 Å². The molecule has 0 atom stereocenters.